The van der Waals surface area contributed by atoms with E-state index in [1.807, 2.05) is 66.7 Å². The highest BCUT2D eigenvalue weighted by atomic mass is 32.2. The van der Waals surface area contributed by atoms with Crippen LogP contribution in [0.2, 0.25) is 0 Å². The van der Waals surface area contributed by atoms with Crippen LogP contribution in [0.1, 0.15) is 19.8 Å². The smallest absolute Gasteiger partial charge is 0.234 e. The fourth-order valence-corrected chi connectivity index (χ4v) is 3.48. The van der Waals surface area contributed by atoms with Crippen LogP contribution in [0.25, 0.3) is 10.8 Å². The van der Waals surface area contributed by atoms with Gasteiger partial charge in [-0.25, -0.2) is 0 Å². The Labute approximate surface area is 181 Å². The third-order valence-electron chi connectivity index (χ3n) is 4.40. The monoisotopic (exact) mass is 422 g/mol. The van der Waals surface area contributed by atoms with Gasteiger partial charge in [0.15, 0.2) is 0 Å². The number of amides is 2. The molecule has 0 aliphatic heterocycles. The summed E-state index contributed by atoms with van der Waals surface area (Å²) in [5.74, 6) is 0.945. The molecule has 3 aromatic carbocycles. The average molecular weight is 423 g/mol. The van der Waals surface area contributed by atoms with E-state index in [0.29, 0.717) is 12.3 Å². The Morgan fingerprint density at radius 3 is 2.17 bits per heavy atom. The molecule has 0 aromatic heterocycles. The standard InChI is InChI=1S/C24H26N2O3S/c1-2-3-14-29-22-12-10-20(11-13-22)25-23(27)16-30-17-24(28)26-21-9-8-18-6-4-5-7-19(18)15-21/h4-13,15H,2-3,14,16-17H2,1H3,(H,25,27)(H,26,28). The van der Waals surface area contributed by atoms with Gasteiger partial charge in [0.05, 0.1) is 18.1 Å². The van der Waals surface area contributed by atoms with Crippen molar-refractivity contribution in [3.63, 3.8) is 0 Å². The van der Waals surface area contributed by atoms with Gasteiger partial charge >= 0.3 is 0 Å². The molecule has 6 heteroatoms. The van der Waals surface area contributed by atoms with Crippen LogP contribution in [0.5, 0.6) is 5.75 Å². The third kappa shape index (κ3) is 6.81. The lowest BCUT2D eigenvalue weighted by molar-refractivity contribution is -0.114. The van der Waals surface area contributed by atoms with Crippen LogP contribution < -0.4 is 15.4 Å². The molecule has 0 heterocycles. The predicted octanol–water partition coefficient (Wildman–Crippen LogP) is 5.33. The van der Waals surface area contributed by atoms with Crippen molar-refractivity contribution in [2.45, 2.75) is 19.8 Å². The van der Waals surface area contributed by atoms with E-state index in [1.54, 1.807) is 0 Å². The molecular formula is C24H26N2O3S. The van der Waals surface area contributed by atoms with Crippen molar-refractivity contribution < 1.29 is 14.3 Å². The molecule has 0 fully saturated rings. The molecule has 0 bridgehead atoms. The maximum Gasteiger partial charge on any atom is 0.234 e. The van der Waals surface area contributed by atoms with E-state index >= 15 is 0 Å². The topological polar surface area (TPSA) is 67.4 Å². The Morgan fingerprint density at radius 1 is 0.833 bits per heavy atom. The van der Waals surface area contributed by atoms with E-state index in [9.17, 15) is 9.59 Å². The summed E-state index contributed by atoms with van der Waals surface area (Å²) in [5.41, 5.74) is 1.47. The van der Waals surface area contributed by atoms with E-state index in [0.717, 1.165) is 35.1 Å². The Kier molecular flexibility index (Phi) is 8.15. The fourth-order valence-electron chi connectivity index (χ4n) is 2.87. The summed E-state index contributed by atoms with van der Waals surface area (Å²) in [6.45, 7) is 2.81. The van der Waals surface area contributed by atoms with Gasteiger partial charge in [-0.15, -0.1) is 11.8 Å². The summed E-state index contributed by atoms with van der Waals surface area (Å²) in [6, 6.07) is 21.1. The second kappa shape index (κ2) is 11.3. The number of anilines is 2. The molecule has 0 atom stereocenters. The van der Waals surface area contributed by atoms with Crippen molar-refractivity contribution >= 4 is 45.7 Å². The van der Waals surface area contributed by atoms with E-state index in [4.69, 9.17) is 4.74 Å². The van der Waals surface area contributed by atoms with Crippen molar-refractivity contribution in [1.82, 2.24) is 0 Å². The van der Waals surface area contributed by atoms with E-state index in [1.165, 1.54) is 11.8 Å². The van der Waals surface area contributed by atoms with Gasteiger partial charge in [0.2, 0.25) is 11.8 Å². The number of ether oxygens (including phenoxy) is 1. The van der Waals surface area contributed by atoms with Crippen LogP contribution in [0.15, 0.2) is 66.7 Å². The van der Waals surface area contributed by atoms with Gasteiger partial charge in [-0.3, -0.25) is 9.59 Å². The maximum absolute atomic E-state index is 12.2. The molecule has 3 aromatic rings. The lowest BCUT2D eigenvalue weighted by atomic mass is 10.1. The first kappa shape index (κ1) is 21.7. The fraction of sp³-hybridized carbons (Fsp3) is 0.250. The normalized spacial score (nSPS) is 10.6. The van der Waals surface area contributed by atoms with Gasteiger partial charge in [-0.2, -0.15) is 0 Å². The van der Waals surface area contributed by atoms with Gasteiger partial charge in [-0.05, 0) is 53.6 Å². The molecular weight excluding hydrogens is 396 g/mol. The summed E-state index contributed by atoms with van der Waals surface area (Å²) in [6.07, 6.45) is 2.11. The highest BCUT2D eigenvalue weighted by Gasteiger charge is 2.07. The number of hydrogen-bond donors (Lipinski definition) is 2. The minimum absolute atomic E-state index is 0.128. The molecule has 30 heavy (non-hydrogen) atoms. The number of unbranched alkanes of at least 4 members (excludes halogenated alkanes) is 1. The highest BCUT2D eigenvalue weighted by molar-refractivity contribution is 8.00. The molecule has 2 amide bonds. The maximum atomic E-state index is 12.2. The SMILES string of the molecule is CCCCOc1ccc(NC(=O)CSCC(=O)Nc2ccc3ccccc3c2)cc1. The zero-order valence-electron chi connectivity index (χ0n) is 17.0. The quantitative estimate of drug-likeness (QED) is 0.434. The second-order valence-electron chi connectivity index (χ2n) is 6.88. The van der Waals surface area contributed by atoms with Crippen LogP contribution in [0.3, 0.4) is 0 Å². The lowest BCUT2D eigenvalue weighted by Crippen LogP contribution is -2.18. The van der Waals surface area contributed by atoms with Gasteiger partial charge in [0.25, 0.3) is 0 Å². The third-order valence-corrected chi connectivity index (χ3v) is 5.34. The molecule has 0 aliphatic carbocycles. The molecule has 3 rings (SSSR count). The first-order valence-electron chi connectivity index (χ1n) is 10.0. The van der Waals surface area contributed by atoms with Crippen molar-refractivity contribution in [3.8, 4) is 5.75 Å². The number of rotatable bonds is 10. The van der Waals surface area contributed by atoms with Crippen molar-refractivity contribution in [2.75, 3.05) is 28.7 Å². The lowest BCUT2D eigenvalue weighted by Gasteiger charge is -2.08. The zero-order chi connectivity index (χ0) is 21.2. The first-order chi connectivity index (χ1) is 14.6. The summed E-state index contributed by atoms with van der Waals surface area (Å²) in [7, 11) is 0. The van der Waals surface area contributed by atoms with Crippen LogP contribution >= 0.6 is 11.8 Å². The largest absolute Gasteiger partial charge is 0.494 e. The Bertz CT molecular complexity index is 989. The summed E-state index contributed by atoms with van der Waals surface area (Å²) < 4.78 is 5.61. The summed E-state index contributed by atoms with van der Waals surface area (Å²) >= 11 is 1.28. The minimum Gasteiger partial charge on any atom is -0.494 e. The summed E-state index contributed by atoms with van der Waals surface area (Å²) in [5, 5.41) is 7.91. The molecule has 156 valence electrons. The number of carbonyl (C=O) groups is 2. The second-order valence-corrected chi connectivity index (χ2v) is 7.86. The predicted molar refractivity (Wildman–Crippen MR) is 125 cm³/mol. The van der Waals surface area contributed by atoms with Gasteiger partial charge in [0, 0.05) is 11.4 Å². The number of nitrogens with one attached hydrogen (secondary N) is 2. The van der Waals surface area contributed by atoms with E-state index in [-0.39, 0.29) is 23.3 Å². The molecule has 0 unspecified atom stereocenters. The van der Waals surface area contributed by atoms with Crippen LogP contribution in [-0.2, 0) is 9.59 Å². The van der Waals surface area contributed by atoms with Crippen LogP contribution in [-0.4, -0.2) is 29.9 Å². The highest BCUT2D eigenvalue weighted by Crippen LogP contribution is 2.19. The van der Waals surface area contributed by atoms with Gasteiger partial charge in [0.1, 0.15) is 5.75 Å². The molecule has 0 radical (unpaired) electrons. The van der Waals surface area contributed by atoms with Crippen LogP contribution in [0.4, 0.5) is 11.4 Å². The Balaban J connectivity index is 1.38. The first-order valence-corrected chi connectivity index (χ1v) is 11.2. The number of hydrogen-bond acceptors (Lipinski definition) is 4. The van der Waals surface area contributed by atoms with Crippen LogP contribution in [0, 0.1) is 0 Å². The number of benzene rings is 3. The molecule has 2 N–H and O–H groups in total. The Morgan fingerprint density at radius 2 is 1.47 bits per heavy atom. The van der Waals surface area contributed by atoms with Crippen molar-refractivity contribution in [3.05, 3.63) is 66.7 Å². The molecule has 0 saturated heterocycles. The number of thioether (sulfide) groups is 1. The molecule has 5 nitrogen and oxygen atoms in total. The molecule has 0 aliphatic rings. The minimum atomic E-state index is -0.141. The van der Waals surface area contributed by atoms with Crippen molar-refractivity contribution in [2.24, 2.45) is 0 Å². The van der Waals surface area contributed by atoms with E-state index < -0.39 is 0 Å². The Hall–Kier alpha value is -2.99. The van der Waals surface area contributed by atoms with E-state index in [2.05, 4.69) is 17.6 Å². The summed E-state index contributed by atoms with van der Waals surface area (Å²) in [4.78, 5) is 24.3. The van der Waals surface area contributed by atoms with Crippen molar-refractivity contribution in [1.29, 1.82) is 0 Å². The van der Waals surface area contributed by atoms with Gasteiger partial charge in [-0.1, -0.05) is 43.7 Å². The average Bonchev–Trinajstić information content (AvgIpc) is 2.75. The zero-order valence-corrected chi connectivity index (χ0v) is 17.8. The van der Waals surface area contributed by atoms with Gasteiger partial charge < -0.3 is 15.4 Å². The number of carbonyl (C=O) groups excluding carboxylic acids is 2. The number of fused-ring (bicyclic) bond motifs is 1. The molecule has 0 saturated carbocycles. The molecule has 0 spiro atoms.